The molecule has 1 amide bonds. The van der Waals surface area contributed by atoms with Gasteiger partial charge in [0.05, 0.1) is 6.42 Å². The van der Waals surface area contributed by atoms with Crippen molar-refractivity contribution in [3.8, 4) is 0 Å². The fourth-order valence-electron chi connectivity index (χ4n) is 1.47. The number of hydrogen-bond donors (Lipinski definition) is 3. The standard InChI is InChI=1S/C8H7BFNO3/c10-6-3-7-4(2-8(12)11-7)1-5(6)9(13)14/h1,3,13-14H,2H2,(H,11,12). The zero-order valence-corrected chi connectivity index (χ0v) is 7.12. The van der Waals surface area contributed by atoms with E-state index in [0.717, 1.165) is 6.07 Å². The molecule has 0 fully saturated rings. The summed E-state index contributed by atoms with van der Waals surface area (Å²) in [5, 5.41) is 20.1. The Hall–Kier alpha value is -1.40. The van der Waals surface area contributed by atoms with Gasteiger partial charge in [0.25, 0.3) is 0 Å². The smallest absolute Gasteiger partial charge is 0.423 e. The average molecular weight is 195 g/mol. The van der Waals surface area contributed by atoms with Crippen LogP contribution in [0.5, 0.6) is 0 Å². The van der Waals surface area contributed by atoms with Gasteiger partial charge in [-0.25, -0.2) is 4.39 Å². The minimum absolute atomic E-state index is 0.148. The summed E-state index contributed by atoms with van der Waals surface area (Å²) in [7, 11) is -1.85. The first-order valence-electron chi connectivity index (χ1n) is 4.06. The van der Waals surface area contributed by atoms with Crippen LogP contribution in [0.3, 0.4) is 0 Å². The molecule has 0 saturated heterocycles. The van der Waals surface area contributed by atoms with Gasteiger partial charge >= 0.3 is 7.12 Å². The second-order valence-electron chi connectivity index (χ2n) is 3.13. The monoisotopic (exact) mass is 195 g/mol. The number of carbonyl (C=O) groups is 1. The van der Waals surface area contributed by atoms with Gasteiger partial charge in [-0.3, -0.25) is 4.79 Å². The van der Waals surface area contributed by atoms with Crippen molar-refractivity contribution in [2.75, 3.05) is 5.32 Å². The predicted molar refractivity (Wildman–Crippen MR) is 48.6 cm³/mol. The fraction of sp³-hybridized carbons (Fsp3) is 0.125. The first-order chi connectivity index (χ1) is 6.58. The quantitative estimate of drug-likeness (QED) is 0.503. The third kappa shape index (κ3) is 1.38. The van der Waals surface area contributed by atoms with E-state index < -0.39 is 12.9 Å². The van der Waals surface area contributed by atoms with Gasteiger partial charge in [0.15, 0.2) is 0 Å². The Morgan fingerprint density at radius 2 is 2.14 bits per heavy atom. The molecule has 0 spiro atoms. The van der Waals surface area contributed by atoms with Crippen LogP contribution in [0.25, 0.3) is 0 Å². The second kappa shape index (κ2) is 3.07. The van der Waals surface area contributed by atoms with Crippen LogP contribution in [0, 0.1) is 5.82 Å². The van der Waals surface area contributed by atoms with Crippen LogP contribution in [0.15, 0.2) is 12.1 Å². The van der Waals surface area contributed by atoms with E-state index in [2.05, 4.69) is 5.32 Å². The molecule has 0 aromatic heterocycles. The zero-order valence-electron chi connectivity index (χ0n) is 7.12. The van der Waals surface area contributed by atoms with Gasteiger partial charge in [0, 0.05) is 11.2 Å². The van der Waals surface area contributed by atoms with E-state index in [9.17, 15) is 9.18 Å². The lowest BCUT2D eigenvalue weighted by Crippen LogP contribution is -2.33. The molecular formula is C8H7BFNO3. The maximum atomic E-state index is 13.2. The molecule has 2 rings (SSSR count). The molecule has 1 aliphatic heterocycles. The number of nitrogens with one attached hydrogen (secondary N) is 1. The fourth-order valence-corrected chi connectivity index (χ4v) is 1.47. The van der Waals surface area contributed by atoms with Crippen LogP contribution >= 0.6 is 0 Å². The van der Waals surface area contributed by atoms with Crippen molar-refractivity contribution in [3.63, 3.8) is 0 Å². The normalized spacial score (nSPS) is 13.8. The Bertz CT molecular complexity index is 408. The van der Waals surface area contributed by atoms with Gasteiger partial charge < -0.3 is 15.4 Å². The molecule has 1 heterocycles. The van der Waals surface area contributed by atoms with Crippen LogP contribution < -0.4 is 10.8 Å². The third-order valence-corrected chi connectivity index (χ3v) is 2.13. The number of halogens is 1. The summed E-state index contributed by atoms with van der Waals surface area (Å²) in [6.45, 7) is 0. The summed E-state index contributed by atoms with van der Waals surface area (Å²) in [5.41, 5.74) is 0.775. The lowest BCUT2D eigenvalue weighted by Gasteiger charge is -2.04. The summed E-state index contributed by atoms with van der Waals surface area (Å²) in [6, 6.07) is 2.38. The van der Waals surface area contributed by atoms with Crippen LogP contribution in [-0.4, -0.2) is 23.1 Å². The van der Waals surface area contributed by atoms with Gasteiger partial charge in [-0.15, -0.1) is 0 Å². The van der Waals surface area contributed by atoms with Crippen molar-refractivity contribution in [1.82, 2.24) is 0 Å². The van der Waals surface area contributed by atoms with Crippen molar-refractivity contribution < 1.29 is 19.2 Å². The van der Waals surface area contributed by atoms with Gasteiger partial charge in [0.2, 0.25) is 5.91 Å². The molecule has 0 saturated carbocycles. The van der Waals surface area contributed by atoms with E-state index in [1.807, 2.05) is 0 Å². The molecule has 14 heavy (non-hydrogen) atoms. The molecule has 1 aromatic carbocycles. The molecule has 0 unspecified atom stereocenters. The Labute approximate surface area is 79.5 Å². The first kappa shape index (κ1) is 9.17. The molecule has 1 aromatic rings. The van der Waals surface area contributed by atoms with E-state index in [4.69, 9.17) is 10.0 Å². The minimum Gasteiger partial charge on any atom is -0.423 e. The van der Waals surface area contributed by atoms with Crippen molar-refractivity contribution in [2.24, 2.45) is 0 Å². The van der Waals surface area contributed by atoms with Crippen LogP contribution in [-0.2, 0) is 11.2 Å². The summed E-state index contributed by atoms with van der Waals surface area (Å²) in [4.78, 5) is 10.9. The summed E-state index contributed by atoms with van der Waals surface area (Å²) in [6.07, 6.45) is 0.148. The first-order valence-corrected chi connectivity index (χ1v) is 4.06. The Kier molecular flexibility index (Phi) is 2.01. The summed E-state index contributed by atoms with van der Waals surface area (Å²) in [5.74, 6) is -0.954. The number of anilines is 1. The zero-order chi connectivity index (χ0) is 10.3. The second-order valence-corrected chi connectivity index (χ2v) is 3.13. The van der Waals surface area contributed by atoms with Crippen molar-refractivity contribution in [2.45, 2.75) is 6.42 Å². The highest BCUT2D eigenvalue weighted by atomic mass is 19.1. The molecule has 4 nitrogen and oxygen atoms in total. The van der Waals surface area contributed by atoms with Crippen molar-refractivity contribution in [1.29, 1.82) is 0 Å². The molecule has 6 heteroatoms. The lowest BCUT2D eigenvalue weighted by molar-refractivity contribution is -0.115. The number of amides is 1. The van der Waals surface area contributed by atoms with E-state index in [1.165, 1.54) is 6.07 Å². The van der Waals surface area contributed by atoms with E-state index in [1.54, 1.807) is 0 Å². The Morgan fingerprint density at radius 3 is 2.79 bits per heavy atom. The highest BCUT2D eigenvalue weighted by molar-refractivity contribution is 6.58. The van der Waals surface area contributed by atoms with E-state index in [-0.39, 0.29) is 17.8 Å². The van der Waals surface area contributed by atoms with Gasteiger partial charge in [-0.1, -0.05) is 6.07 Å². The maximum absolute atomic E-state index is 13.2. The maximum Gasteiger partial charge on any atom is 0.491 e. The van der Waals surface area contributed by atoms with Crippen molar-refractivity contribution >= 4 is 24.2 Å². The van der Waals surface area contributed by atoms with E-state index >= 15 is 0 Å². The molecule has 72 valence electrons. The molecular weight excluding hydrogens is 188 g/mol. The highest BCUT2D eigenvalue weighted by Gasteiger charge is 2.24. The predicted octanol–water partition coefficient (Wildman–Crippen LogP) is -1.000. The number of fused-ring (bicyclic) bond motifs is 1. The molecule has 1 aliphatic rings. The molecule has 0 aliphatic carbocycles. The summed E-state index contributed by atoms with van der Waals surface area (Å²) < 4.78 is 13.2. The Morgan fingerprint density at radius 1 is 1.43 bits per heavy atom. The van der Waals surface area contributed by atoms with Gasteiger partial charge in [-0.2, -0.15) is 0 Å². The average Bonchev–Trinajstić information content (AvgIpc) is 2.42. The van der Waals surface area contributed by atoms with Crippen LogP contribution in [0.4, 0.5) is 10.1 Å². The Balaban J connectivity index is 2.50. The number of carbonyl (C=O) groups excluding carboxylic acids is 1. The minimum atomic E-state index is -1.85. The van der Waals surface area contributed by atoms with Crippen LogP contribution in [0.2, 0.25) is 0 Å². The lowest BCUT2D eigenvalue weighted by atomic mass is 9.79. The van der Waals surface area contributed by atoms with Crippen LogP contribution in [0.1, 0.15) is 5.56 Å². The number of benzene rings is 1. The highest BCUT2D eigenvalue weighted by Crippen LogP contribution is 2.22. The molecule has 0 radical (unpaired) electrons. The molecule has 0 atom stereocenters. The van der Waals surface area contributed by atoms with Gasteiger partial charge in [-0.05, 0) is 11.6 Å². The van der Waals surface area contributed by atoms with E-state index in [0.29, 0.717) is 11.3 Å². The number of hydrogen-bond acceptors (Lipinski definition) is 3. The molecule has 0 bridgehead atoms. The largest absolute Gasteiger partial charge is 0.491 e. The van der Waals surface area contributed by atoms with Crippen molar-refractivity contribution in [3.05, 3.63) is 23.5 Å². The van der Waals surface area contributed by atoms with Gasteiger partial charge in [0.1, 0.15) is 5.82 Å². The molecule has 3 N–H and O–H groups in total. The topological polar surface area (TPSA) is 69.6 Å². The SMILES string of the molecule is O=C1Cc2cc(B(O)O)c(F)cc2N1. The summed E-state index contributed by atoms with van der Waals surface area (Å²) >= 11 is 0. The number of rotatable bonds is 1. The third-order valence-electron chi connectivity index (χ3n) is 2.13.